The summed E-state index contributed by atoms with van der Waals surface area (Å²) >= 11 is 0. The van der Waals surface area contributed by atoms with Crippen LogP contribution in [-0.2, 0) is 0 Å². The van der Waals surface area contributed by atoms with E-state index in [-0.39, 0.29) is 0 Å². The zero-order chi connectivity index (χ0) is 13.1. The molecule has 1 fully saturated rings. The number of hydrogen-bond donors (Lipinski definition) is 1. The van der Waals surface area contributed by atoms with Gasteiger partial charge in [-0.1, -0.05) is 24.6 Å². The van der Waals surface area contributed by atoms with Crippen LogP contribution in [0.3, 0.4) is 0 Å². The third kappa shape index (κ3) is 3.26. The zero-order valence-electron chi connectivity index (χ0n) is 11.8. The van der Waals surface area contributed by atoms with Crippen LogP contribution in [0.15, 0.2) is 12.1 Å². The molecule has 1 aliphatic carbocycles. The fourth-order valence-electron chi connectivity index (χ4n) is 2.44. The van der Waals surface area contributed by atoms with Gasteiger partial charge >= 0.3 is 0 Å². The summed E-state index contributed by atoms with van der Waals surface area (Å²) in [5.74, 6) is 2.37. The standard InChI is InChI=1S/C16H25NO/c1-11-8-13(3)16(18-10-14-4-5-14)15(9-11)12(2)6-7-17/h8-9,12,14H,4-7,10,17H2,1-3H3. The van der Waals surface area contributed by atoms with Crippen molar-refractivity contribution in [3.8, 4) is 5.75 Å². The maximum atomic E-state index is 6.07. The molecule has 0 saturated heterocycles. The Labute approximate surface area is 111 Å². The van der Waals surface area contributed by atoms with Gasteiger partial charge in [0.05, 0.1) is 6.61 Å². The van der Waals surface area contributed by atoms with Crippen LogP contribution in [0.1, 0.15) is 48.8 Å². The Morgan fingerprint density at radius 1 is 1.33 bits per heavy atom. The predicted molar refractivity (Wildman–Crippen MR) is 76.2 cm³/mol. The summed E-state index contributed by atoms with van der Waals surface area (Å²) < 4.78 is 6.07. The molecule has 1 aromatic carbocycles. The summed E-state index contributed by atoms with van der Waals surface area (Å²) in [4.78, 5) is 0. The van der Waals surface area contributed by atoms with E-state index in [1.54, 1.807) is 0 Å². The Morgan fingerprint density at radius 2 is 2.06 bits per heavy atom. The van der Waals surface area contributed by atoms with E-state index in [0.717, 1.165) is 31.2 Å². The lowest BCUT2D eigenvalue weighted by Gasteiger charge is -2.19. The van der Waals surface area contributed by atoms with E-state index in [4.69, 9.17) is 10.5 Å². The van der Waals surface area contributed by atoms with Gasteiger partial charge in [0.15, 0.2) is 0 Å². The summed E-state index contributed by atoms with van der Waals surface area (Å²) in [6.07, 6.45) is 3.68. The smallest absolute Gasteiger partial charge is 0.125 e. The van der Waals surface area contributed by atoms with Crippen molar-refractivity contribution in [1.29, 1.82) is 0 Å². The molecule has 0 bridgehead atoms. The van der Waals surface area contributed by atoms with E-state index in [9.17, 15) is 0 Å². The molecular formula is C16H25NO. The van der Waals surface area contributed by atoms with E-state index in [2.05, 4.69) is 32.9 Å². The van der Waals surface area contributed by atoms with Gasteiger partial charge in [-0.2, -0.15) is 0 Å². The first-order valence-electron chi connectivity index (χ1n) is 7.05. The summed E-state index contributed by atoms with van der Waals surface area (Å²) in [6, 6.07) is 4.47. The third-order valence-corrected chi connectivity index (χ3v) is 3.74. The van der Waals surface area contributed by atoms with Gasteiger partial charge in [0, 0.05) is 0 Å². The summed E-state index contributed by atoms with van der Waals surface area (Å²) in [7, 11) is 0. The van der Waals surface area contributed by atoms with Crippen LogP contribution in [0.25, 0.3) is 0 Å². The normalized spacial score (nSPS) is 16.7. The highest BCUT2D eigenvalue weighted by atomic mass is 16.5. The first kappa shape index (κ1) is 13.4. The minimum atomic E-state index is 0.475. The Balaban J connectivity index is 2.21. The first-order chi connectivity index (χ1) is 8.61. The second kappa shape index (κ2) is 5.75. The van der Waals surface area contributed by atoms with Crippen molar-refractivity contribution < 1.29 is 4.74 Å². The monoisotopic (exact) mass is 247 g/mol. The molecule has 1 aliphatic rings. The minimum Gasteiger partial charge on any atom is -0.493 e. The summed E-state index contributed by atoms with van der Waals surface area (Å²) in [5.41, 5.74) is 9.59. The van der Waals surface area contributed by atoms with Gasteiger partial charge in [0.1, 0.15) is 5.75 Å². The van der Waals surface area contributed by atoms with E-state index in [0.29, 0.717) is 5.92 Å². The van der Waals surface area contributed by atoms with E-state index < -0.39 is 0 Å². The van der Waals surface area contributed by atoms with Crippen molar-refractivity contribution in [2.75, 3.05) is 13.2 Å². The maximum absolute atomic E-state index is 6.07. The number of ether oxygens (including phenoxy) is 1. The first-order valence-corrected chi connectivity index (χ1v) is 7.05. The molecule has 0 aliphatic heterocycles. The molecule has 0 aromatic heterocycles. The van der Waals surface area contributed by atoms with Crippen LogP contribution in [0.2, 0.25) is 0 Å². The molecule has 1 atom stereocenters. The van der Waals surface area contributed by atoms with Gasteiger partial charge in [-0.15, -0.1) is 0 Å². The molecule has 2 nitrogen and oxygen atoms in total. The van der Waals surface area contributed by atoms with Gasteiger partial charge < -0.3 is 10.5 Å². The van der Waals surface area contributed by atoms with Crippen LogP contribution < -0.4 is 10.5 Å². The minimum absolute atomic E-state index is 0.475. The number of nitrogens with two attached hydrogens (primary N) is 1. The van der Waals surface area contributed by atoms with Crippen molar-refractivity contribution in [3.63, 3.8) is 0 Å². The van der Waals surface area contributed by atoms with Crippen LogP contribution in [0.4, 0.5) is 0 Å². The lowest BCUT2D eigenvalue weighted by Crippen LogP contribution is -2.09. The van der Waals surface area contributed by atoms with Crippen molar-refractivity contribution in [2.45, 2.75) is 46.0 Å². The Bertz CT molecular complexity index is 410. The van der Waals surface area contributed by atoms with Crippen LogP contribution >= 0.6 is 0 Å². The largest absolute Gasteiger partial charge is 0.493 e. The van der Waals surface area contributed by atoms with Crippen molar-refractivity contribution in [2.24, 2.45) is 11.7 Å². The molecule has 2 heteroatoms. The number of benzene rings is 1. The van der Waals surface area contributed by atoms with Gasteiger partial charge in [-0.3, -0.25) is 0 Å². The summed E-state index contributed by atoms with van der Waals surface area (Å²) in [6.45, 7) is 8.15. The highest BCUT2D eigenvalue weighted by Crippen LogP contribution is 2.35. The van der Waals surface area contributed by atoms with Crippen LogP contribution in [0.5, 0.6) is 5.75 Å². The zero-order valence-corrected chi connectivity index (χ0v) is 11.8. The van der Waals surface area contributed by atoms with Gasteiger partial charge in [-0.25, -0.2) is 0 Å². The van der Waals surface area contributed by atoms with Crippen molar-refractivity contribution in [1.82, 2.24) is 0 Å². The molecule has 2 N–H and O–H groups in total. The number of aryl methyl sites for hydroxylation is 2. The average molecular weight is 247 g/mol. The molecule has 1 saturated carbocycles. The number of hydrogen-bond acceptors (Lipinski definition) is 2. The van der Waals surface area contributed by atoms with Crippen molar-refractivity contribution >= 4 is 0 Å². The molecular weight excluding hydrogens is 222 g/mol. The molecule has 2 rings (SSSR count). The second-order valence-corrected chi connectivity index (χ2v) is 5.73. The maximum Gasteiger partial charge on any atom is 0.125 e. The SMILES string of the molecule is Cc1cc(C)c(OCC2CC2)c(C(C)CCN)c1. The van der Waals surface area contributed by atoms with Gasteiger partial charge in [0.2, 0.25) is 0 Å². The predicted octanol–water partition coefficient (Wildman–Crippen LogP) is 3.54. The summed E-state index contributed by atoms with van der Waals surface area (Å²) in [5, 5.41) is 0. The Morgan fingerprint density at radius 3 is 2.67 bits per heavy atom. The third-order valence-electron chi connectivity index (χ3n) is 3.74. The Hall–Kier alpha value is -1.02. The van der Waals surface area contributed by atoms with Gasteiger partial charge in [-0.05, 0) is 62.6 Å². The fourth-order valence-corrected chi connectivity index (χ4v) is 2.44. The van der Waals surface area contributed by atoms with E-state index >= 15 is 0 Å². The molecule has 0 spiro atoms. The van der Waals surface area contributed by atoms with Crippen LogP contribution in [-0.4, -0.2) is 13.2 Å². The topological polar surface area (TPSA) is 35.2 Å². The highest BCUT2D eigenvalue weighted by molar-refractivity contribution is 5.45. The highest BCUT2D eigenvalue weighted by Gasteiger charge is 2.23. The molecule has 1 unspecified atom stereocenters. The Kier molecular flexibility index (Phi) is 4.28. The molecule has 0 radical (unpaired) electrons. The number of rotatable bonds is 6. The second-order valence-electron chi connectivity index (χ2n) is 5.73. The lowest BCUT2D eigenvalue weighted by atomic mass is 9.93. The van der Waals surface area contributed by atoms with Gasteiger partial charge in [0.25, 0.3) is 0 Å². The molecule has 1 aromatic rings. The molecule has 0 heterocycles. The quantitative estimate of drug-likeness (QED) is 0.834. The van der Waals surface area contributed by atoms with E-state index in [1.807, 2.05) is 0 Å². The fraction of sp³-hybridized carbons (Fsp3) is 0.625. The lowest BCUT2D eigenvalue weighted by molar-refractivity contribution is 0.293. The van der Waals surface area contributed by atoms with E-state index in [1.165, 1.54) is 29.5 Å². The molecule has 100 valence electrons. The van der Waals surface area contributed by atoms with Crippen molar-refractivity contribution in [3.05, 3.63) is 28.8 Å². The average Bonchev–Trinajstić information content (AvgIpc) is 3.11. The molecule has 0 amide bonds. The van der Waals surface area contributed by atoms with Crippen LogP contribution in [0, 0.1) is 19.8 Å². The molecule has 18 heavy (non-hydrogen) atoms.